The van der Waals surface area contributed by atoms with E-state index in [0.717, 1.165) is 31.4 Å². The highest BCUT2D eigenvalue weighted by atomic mass is 16.3. The Morgan fingerprint density at radius 3 is 2.79 bits per heavy atom. The SMILES string of the molecule is CCc1ccc(C=CC(=O)N2CCCC2CO)cc1. The largest absolute Gasteiger partial charge is 0.394 e. The van der Waals surface area contributed by atoms with Crippen LogP contribution < -0.4 is 0 Å². The highest BCUT2D eigenvalue weighted by Crippen LogP contribution is 2.17. The smallest absolute Gasteiger partial charge is 0.246 e. The van der Waals surface area contributed by atoms with Gasteiger partial charge in [-0.15, -0.1) is 0 Å². The number of aliphatic hydroxyl groups excluding tert-OH is 1. The molecule has 0 aromatic heterocycles. The fraction of sp³-hybridized carbons (Fsp3) is 0.438. The second-order valence-corrected chi connectivity index (χ2v) is 4.94. The van der Waals surface area contributed by atoms with Gasteiger partial charge in [0.25, 0.3) is 0 Å². The summed E-state index contributed by atoms with van der Waals surface area (Å²) < 4.78 is 0. The second-order valence-electron chi connectivity index (χ2n) is 4.94. The van der Waals surface area contributed by atoms with Gasteiger partial charge in [-0.1, -0.05) is 31.2 Å². The first-order valence-electron chi connectivity index (χ1n) is 6.93. The molecular formula is C16H21NO2. The lowest BCUT2D eigenvalue weighted by molar-refractivity contribution is -0.127. The van der Waals surface area contributed by atoms with Crippen LogP contribution in [0.1, 0.15) is 30.9 Å². The zero-order valence-corrected chi connectivity index (χ0v) is 11.4. The predicted molar refractivity (Wildman–Crippen MR) is 76.7 cm³/mol. The summed E-state index contributed by atoms with van der Waals surface area (Å²) in [6.07, 6.45) is 6.36. The molecule has 0 radical (unpaired) electrons. The van der Waals surface area contributed by atoms with Crippen molar-refractivity contribution in [2.24, 2.45) is 0 Å². The van der Waals surface area contributed by atoms with Crippen LogP contribution in [-0.4, -0.2) is 35.1 Å². The van der Waals surface area contributed by atoms with Gasteiger partial charge in [0.1, 0.15) is 0 Å². The number of aryl methyl sites for hydroxylation is 1. The van der Waals surface area contributed by atoms with Gasteiger partial charge in [0.05, 0.1) is 12.6 Å². The van der Waals surface area contributed by atoms with Gasteiger partial charge in [-0.3, -0.25) is 4.79 Å². The van der Waals surface area contributed by atoms with Gasteiger partial charge >= 0.3 is 0 Å². The Labute approximate surface area is 114 Å². The van der Waals surface area contributed by atoms with E-state index in [4.69, 9.17) is 0 Å². The maximum absolute atomic E-state index is 12.0. The first kappa shape index (κ1) is 13.8. The summed E-state index contributed by atoms with van der Waals surface area (Å²) in [5.41, 5.74) is 2.33. The standard InChI is InChI=1S/C16H21NO2/c1-2-13-5-7-14(8-6-13)9-10-16(19)17-11-3-4-15(17)12-18/h5-10,15,18H,2-4,11-12H2,1H3. The second kappa shape index (κ2) is 6.53. The van der Waals surface area contributed by atoms with Gasteiger partial charge in [0.2, 0.25) is 5.91 Å². The Balaban J connectivity index is 1.99. The van der Waals surface area contributed by atoms with Crippen LogP contribution in [0.4, 0.5) is 0 Å². The molecule has 3 heteroatoms. The van der Waals surface area contributed by atoms with Crippen molar-refractivity contribution < 1.29 is 9.90 Å². The lowest BCUT2D eigenvalue weighted by Crippen LogP contribution is -2.36. The summed E-state index contributed by atoms with van der Waals surface area (Å²) in [4.78, 5) is 13.8. The van der Waals surface area contributed by atoms with Gasteiger partial charge in [-0.25, -0.2) is 0 Å². The monoisotopic (exact) mass is 259 g/mol. The van der Waals surface area contributed by atoms with Crippen molar-refractivity contribution in [1.29, 1.82) is 0 Å². The van der Waals surface area contributed by atoms with Crippen molar-refractivity contribution in [3.63, 3.8) is 0 Å². The molecule has 1 atom stereocenters. The molecule has 1 aromatic rings. The third kappa shape index (κ3) is 3.44. The lowest BCUT2D eigenvalue weighted by Gasteiger charge is -2.21. The van der Waals surface area contributed by atoms with Gasteiger partial charge < -0.3 is 10.0 Å². The van der Waals surface area contributed by atoms with Crippen LogP contribution in [0.15, 0.2) is 30.3 Å². The van der Waals surface area contributed by atoms with Crippen LogP contribution in [0.2, 0.25) is 0 Å². The van der Waals surface area contributed by atoms with E-state index in [1.54, 1.807) is 11.0 Å². The van der Waals surface area contributed by atoms with E-state index in [2.05, 4.69) is 19.1 Å². The Kier molecular flexibility index (Phi) is 4.74. The van der Waals surface area contributed by atoms with Crippen molar-refractivity contribution in [1.82, 2.24) is 4.90 Å². The number of benzene rings is 1. The molecule has 1 unspecified atom stereocenters. The quantitative estimate of drug-likeness (QED) is 0.842. The Hall–Kier alpha value is -1.61. The number of likely N-dealkylation sites (tertiary alicyclic amines) is 1. The molecule has 1 N–H and O–H groups in total. The minimum atomic E-state index is -0.00359. The van der Waals surface area contributed by atoms with Crippen LogP contribution in [0, 0.1) is 0 Å². The first-order valence-corrected chi connectivity index (χ1v) is 6.93. The van der Waals surface area contributed by atoms with Gasteiger partial charge in [-0.2, -0.15) is 0 Å². The number of carbonyl (C=O) groups excluding carboxylic acids is 1. The topological polar surface area (TPSA) is 40.5 Å². The predicted octanol–water partition coefficient (Wildman–Crippen LogP) is 2.25. The van der Waals surface area contributed by atoms with Crippen molar-refractivity contribution in [2.45, 2.75) is 32.2 Å². The Morgan fingerprint density at radius 1 is 1.42 bits per heavy atom. The fourth-order valence-electron chi connectivity index (χ4n) is 2.44. The Bertz CT molecular complexity index is 450. The zero-order valence-electron chi connectivity index (χ0n) is 11.4. The van der Waals surface area contributed by atoms with Crippen molar-refractivity contribution in [2.75, 3.05) is 13.2 Å². The molecule has 1 fully saturated rings. The fourth-order valence-corrected chi connectivity index (χ4v) is 2.44. The summed E-state index contributed by atoms with van der Waals surface area (Å²) >= 11 is 0. The average Bonchev–Trinajstić information content (AvgIpc) is 2.93. The maximum atomic E-state index is 12.0. The van der Waals surface area contributed by atoms with E-state index in [1.165, 1.54) is 5.56 Å². The summed E-state index contributed by atoms with van der Waals surface area (Å²) in [5, 5.41) is 9.21. The van der Waals surface area contributed by atoms with E-state index in [-0.39, 0.29) is 18.6 Å². The highest BCUT2D eigenvalue weighted by molar-refractivity contribution is 5.92. The molecule has 0 spiro atoms. The average molecular weight is 259 g/mol. The van der Waals surface area contributed by atoms with E-state index in [0.29, 0.717) is 0 Å². The molecule has 2 rings (SSSR count). The molecular weight excluding hydrogens is 238 g/mol. The number of amides is 1. The molecule has 1 heterocycles. The molecule has 0 bridgehead atoms. The van der Waals surface area contributed by atoms with Crippen molar-refractivity contribution in [3.05, 3.63) is 41.5 Å². The summed E-state index contributed by atoms with van der Waals surface area (Å²) in [5.74, 6) is -0.00359. The normalized spacial score (nSPS) is 19.3. The van der Waals surface area contributed by atoms with Gasteiger partial charge in [-0.05, 0) is 36.5 Å². The highest BCUT2D eigenvalue weighted by Gasteiger charge is 2.26. The van der Waals surface area contributed by atoms with E-state index in [1.807, 2.05) is 18.2 Å². The molecule has 1 amide bonds. The first-order chi connectivity index (χ1) is 9.24. The molecule has 3 nitrogen and oxygen atoms in total. The van der Waals surface area contributed by atoms with Crippen molar-refractivity contribution >= 4 is 12.0 Å². The molecule has 1 aliphatic heterocycles. The molecule has 19 heavy (non-hydrogen) atoms. The molecule has 0 aliphatic carbocycles. The molecule has 1 saturated heterocycles. The summed E-state index contributed by atoms with van der Waals surface area (Å²) in [7, 11) is 0. The number of hydrogen-bond acceptors (Lipinski definition) is 2. The molecule has 1 aliphatic rings. The third-order valence-corrected chi connectivity index (χ3v) is 3.68. The van der Waals surface area contributed by atoms with Crippen LogP contribution >= 0.6 is 0 Å². The van der Waals surface area contributed by atoms with E-state index >= 15 is 0 Å². The van der Waals surface area contributed by atoms with Gasteiger partial charge in [0.15, 0.2) is 0 Å². The summed E-state index contributed by atoms with van der Waals surface area (Å²) in [6, 6.07) is 8.21. The number of nitrogens with zero attached hydrogens (tertiary/aromatic N) is 1. The lowest BCUT2D eigenvalue weighted by atomic mass is 10.1. The minimum absolute atomic E-state index is 0.000354. The number of rotatable bonds is 4. The minimum Gasteiger partial charge on any atom is -0.394 e. The van der Waals surface area contributed by atoms with Gasteiger partial charge in [0, 0.05) is 12.6 Å². The van der Waals surface area contributed by atoms with Crippen molar-refractivity contribution in [3.8, 4) is 0 Å². The Morgan fingerprint density at radius 2 is 2.16 bits per heavy atom. The molecule has 102 valence electrons. The number of aliphatic hydroxyl groups is 1. The van der Waals surface area contributed by atoms with E-state index in [9.17, 15) is 9.90 Å². The summed E-state index contributed by atoms with van der Waals surface area (Å²) in [6.45, 7) is 2.94. The number of carbonyl (C=O) groups is 1. The van der Waals surface area contributed by atoms with Crippen LogP contribution in [-0.2, 0) is 11.2 Å². The zero-order chi connectivity index (χ0) is 13.7. The molecule has 1 aromatic carbocycles. The third-order valence-electron chi connectivity index (χ3n) is 3.68. The van der Waals surface area contributed by atoms with Crippen LogP contribution in [0.25, 0.3) is 6.08 Å². The van der Waals surface area contributed by atoms with Crippen LogP contribution in [0.3, 0.4) is 0 Å². The maximum Gasteiger partial charge on any atom is 0.246 e. The van der Waals surface area contributed by atoms with E-state index < -0.39 is 0 Å². The molecule has 0 saturated carbocycles. The van der Waals surface area contributed by atoms with Crippen LogP contribution in [0.5, 0.6) is 0 Å². The number of hydrogen-bond donors (Lipinski definition) is 1.